The largest absolute Gasteiger partial charge is 0.744 e. The molecule has 2 aromatic rings. The maximum atomic E-state index is 12.7. The van der Waals surface area contributed by atoms with Crippen LogP contribution >= 0.6 is 22.6 Å². The third-order valence-electron chi connectivity index (χ3n) is 14.2. The van der Waals surface area contributed by atoms with Crippen LogP contribution in [0.25, 0.3) is 0 Å². The van der Waals surface area contributed by atoms with E-state index in [1.54, 1.807) is 36.4 Å². The Bertz CT molecular complexity index is 3040. The Balaban J connectivity index is 1.39. The Hall–Kier alpha value is -4.57. The first-order valence-corrected chi connectivity index (χ1v) is 33.2. The van der Waals surface area contributed by atoms with Crippen molar-refractivity contribution in [3.63, 3.8) is 0 Å². The van der Waals surface area contributed by atoms with Crippen molar-refractivity contribution < 1.29 is 66.3 Å². The van der Waals surface area contributed by atoms with Gasteiger partial charge < -0.3 is 28.8 Å². The highest BCUT2D eigenvalue weighted by Gasteiger charge is 2.51. The molecule has 78 heavy (non-hydrogen) atoms. The lowest BCUT2D eigenvalue weighted by molar-refractivity contribution is -0.850. The van der Waals surface area contributed by atoms with Crippen molar-refractivity contribution in [3.8, 4) is 5.75 Å². The van der Waals surface area contributed by atoms with Gasteiger partial charge in [-0.1, -0.05) is 102 Å². The fourth-order valence-electron chi connectivity index (χ4n) is 10.5. The lowest BCUT2D eigenvalue weighted by Crippen LogP contribution is -3.11. The Kier molecular flexibility index (Phi) is 25.0. The van der Waals surface area contributed by atoms with E-state index in [4.69, 9.17) is 4.18 Å². The Morgan fingerprint density at radius 2 is 1.45 bits per heavy atom. The number of rotatable bonds is 32. The average Bonchev–Trinajstić information content (AvgIpc) is 3.91. The molecule has 2 aliphatic heterocycles. The van der Waals surface area contributed by atoms with E-state index in [1.165, 1.54) is 12.1 Å². The summed E-state index contributed by atoms with van der Waals surface area (Å²) in [7, 11) is -13.4. The number of nitrogens with one attached hydrogen (secondary N) is 3. The number of amides is 2. The number of fused-ring (bicyclic) bond motifs is 2. The lowest BCUT2D eigenvalue weighted by atomic mass is 9.74. The van der Waals surface area contributed by atoms with Gasteiger partial charge in [-0.2, -0.15) is 16.8 Å². The molecule has 3 aliphatic rings. The lowest BCUT2D eigenvalue weighted by Gasteiger charge is -2.31. The Morgan fingerprint density at radius 1 is 0.782 bits per heavy atom. The van der Waals surface area contributed by atoms with Gasteiger partial charge >= 0.3 is 0 Å². The zero-order valence-corrected chi connectivity index (χ0v) is 49.4. The standard InChI is InChI=1S/C55H73IN4O14S4/c1-54(32-19-24-43-22-11-5-3-6-12-23-43)47-41-45(78(71,72)73)29-31-49(47)60(37-21-39-77(68,69)70)50(54)25-13-7-4-8-14-26-51-55(2,33-20-38-76(65,66)67)46-40-44(74-75(63)64)28-30-48(46)59(51)36-18-9-15-27-52(61)57-34-16-10-17-35-58-53(62)42-56/h3-8,11-14,22-23,25-26,28-31,40-41,50H,9-10,15-21,24,27,32-39,42H2,1-2H3,(H,57,61)(H,58,62)(H,63,64)(H,65,66,67)(H,68,69,70)(H,71,72,73)/p-1/b5-3-,6-3?,7-4+,11-5?,12-6-,14-8+,22-11-,23-12?,25-13+,43-22?,43-23+,51-26+. The molecule has 23 heteroatoms. The maximum absolute atomic E-state index is 12.7. The monoisotopic (exact) mass is 1270 g/mol. The zero-order valence-electron chi connectivity index (χ0n) is 44.0. The number of allylic oxidation sites excluding steroid dienone is 15. The van der Waals surface area contributed by atoms with Crippen LogP contribution in [0.5, 0.6) is 5.75 Å². The molecular weight excluding hydrogens is 1200 g/mol. The van der Waals surface area contributed by atoms with E-state index in [0.29, 0.717) is 80.1 Å². The van der Waals surface area contributed by atoms with Crippen LogP contribution in [0.1, 0.15) is 108 Å². The summed E-state index contributed by atoms with van der Waals surface area (Å²) in [6.45, 7) is 5.86. The second-order valence-electron chi connectivity index (χ2n) is 19.9. The first-order chi connectivity index (χ1) is 36.9. The molecule has 5 rings (SSSR count). The Morgan fingerprint density at radius 3 is 2.15 bits per heavy atom. The second kappa shape index (κ2) is 30.3. The summed E-state index contributed by atoms with van der Waals surface area (Å²) in [5.41, 5.74) is 3.10. The number of hydrogen-bond donors (Lipinski definition) is 5. The molecule has 0 aromatic heterocycles. The summed E-state index contributed by atoms with van der Waals surface area (Å²) in [6.07, 6.45) is 34.0. The molecule has 5 N–H and O–H groups in total. The van der Waals surface area contributed by atoms with E-state index in [-0.39, 0.29) is 54.3 Å². The number of unbranched alkanes of at least 4 members (excludes halogenated alkanes) is 4. The van der Waals surface area contributed by atoms with Gasteiger partial charge in [0.05, 0.1) is 32.8 Å². The van der Waals surface area contributed by atoms with E-state index in [9.17, 15) is 57.3 Å². The number of carbonyl (C=O) groups excluding carboxylic acids is 2. The van der Waals surface area contributed by atoms with E-state index in [0.717, 1.165) is 46.8 Å². The van der Waals surface area contributed by atoms with Crippen LogP contribution in [0.4, 0.5) is 11.4 Å². The van der Waals surface area contributed by atoms with Crippen LogP contribution in [-0.4, -0.2) is 108 Å². The number of carbonyl (C=O) groups is 2. The average molecular weight is 1270 g/mol. The molecule has 0 radical (unpaired) electrons. The molecule has 0 fully saturated rings. The van der Waals surface area contributed by atoms with Crippen molar-refractivity contribution in [2.45, 2.75) is 119 Å². The molecule has 0 spiro atoms. The van der Waals surface area contributed by atoms with Gasteiger partial charge in [0.1, 0.15) is 39.0 Å². The van der Waals surface area contributed by atoms with Crippen molar-refractivity contribution in [1.82, 2.24) is 10.6 Å². The molecule has 5 atom stereocenters. The zero-order chi connectivity index (χ0) is 57.0. The number of anilines is 1. The molecule has 0 saturated carbocycles. The molecule has 5 unspecified atom stereocenters. The second-order valence-corrected chi connectivity index (χ2v) is 25.8. The first kappa shape index (κ1) is 64.3. The summed E-state index contributed by atoms with van der Waals surface area (Å²) >= 11 is -0.854. The third kappa shape index (κ3) is 19.9. The predicted molar refractivity (Wildman–Crippen MR) is 310 cm³/mol. The van der Waals surface area contributed by atoms with Crippen LogP contribution in [0.15, 0.2) is 138 Å². The minimum Gasteiger partial charge on any atom is -0.744 e. The Labute approximate surface area is 476 Å². The fourth-order valence-corrected chi connectivity index (χ4v) is 12.5. The van der Waals surface area contributed by atoms with E-state index in [2.05, 4.69) is 15.5 Å². The van der Waals surface area contributed by atoms with E-state index < -0.39 is 64.1 Å². The summed E-state index contributed by atoms with van der Waals surface area (Å²) in [5.74, 6) is -0.948. The predicted octanol–water partition coefficient (Wildman–Crippen LogP) is 7.37. The number of halogens is 1. The highest BCUT2D eigenvalue weighted by molar-refractivity contribution is 14.1. The molecule has 428 valence electrons. The van der Waals surface area contributed by atoms with Crippen molar-refractivity contribution >= 4 is 87.5 Å². The van der Waals surface area contributed by atoms with Crippen LogP contribution < -0.4 is 24.6 Å². The molecule has 0 saturated heterocycles. The SMILES string of the molecule is CC1(CCCS(=O)(=O)O)\C(=C/C=C/C=C/C=C/C2[NH+](CCCS(=O)(=O)O)c3ccc(S(=O)(=O)[O-])cc3C2(C)CCCC2=C/C=C\C=C/C=C\2)N(CCCCCC(=O)NCCCCCNC(=O)CI)c2ccc(OS(=O)[O-])cc21. The first-order valence-electron chi connectivity index (χ1n) is 26.0. The minimum absolute atomic E-state index is 0.00154. The van der Waals surface area contributed by atoms with Gasteiger partial charge in [-0.3, -0.25) is 23.6 Å². The van der Waals surface area contributed by atoms with Crippen LogP contribution in [0, 0.1) is 0 Å². The molecular formula is C55H72IN4O14S4-. The molecule has 18 nitrogen and oxygen atoms in total. The van der Waals surface area contributed by atoms with Gasteiger partial charge in [0, 0.05) is 60.9 Å². The number of benzene rings is 2. The topological polar surface area (TPSA) is 281 Å². The molecule has 2 amide bonds. The van der Waals surface area contributed by atoms with Crippen LogP contribution in [0.2, 0.25) is 0 Å². The summed E-state index contributed by atoms with van der Waals surface area (Å²) in [5, 5.41) is 5.80. The van der Waals surface area contributed by atoms with E-state index in [1.807, 2.05) is 109 Å². The molecule has 2 heterocycles. The number of quaternary nitrogens is 1. The fraction of sp³-hybridized carbons (Fsp3) is 0.455. The van der Waals surface area contributed by atoms with Gasteiger partial charge in [0.2, 0.25) is 11.8 Å². The minimum atomic E-state index is -4.82. The van der Waals surface area contributed by atoms with Gasteiger partial charge in [0.25, 0.3) is 20.2 Å². The third-order valence-corrected chi connectivity index (χ3v) is 17.7. The van der Waals surface area contributed by atoms with Gasteiger partial charge in [-0.15, -0.1) is 0 Å². The number of nitrogens with zero attached hydrogens (tertiary/aromatic N) is 1. The quantitative estimate of drug-likeness (QED) is 0.0119. The van der Waals surface area contributed by atoms with Crippen molar-refractivity contribution in [3.05, 3.63) is 144 Å². The maximum Gasteiger partial charge on any atom is 0.265 e. The van der Waals surface area contributed by atoms with Crippen molar-refractivity contribution in [2.24, 2.45) is 0 Å². The number of alkyl halides is 1. The molecule has 2 aromatic carbocycles. The summed E-state index contributed by atoms with van der Waals surface area (Å²) < 4.78 is 133. The highest BCUT2D eigenvalue weighted by atomic mass is 127. The normalized spacial score (nSPS) is 23.2. The molecule has 1 aliphatic carbocycles. The summed E-state index contributed by atoms with van der Waals surface area (Å²) in [4.78, 5) is 26.7. The van der Waals surface area contributed by atoms with Crippen LogP contribution in [-0.2, 0) is 62.1 Å². The van der Waals surface area contributed by atoms with Gasteiger partial charge in [-0.25, -0.2) is 12.6 Å². The van der Waals surface area contributed by atoms with Gasteiger partial charge in [-0.05, 0) is 132 Å². The van der Waals surface area contributed by atoms with Gasteiger partial charge in [0.15, 0.2) is 0 Å². The van der Waals surface area contributed by atoms with Crippen molar-refractivity contribution in [2.75, 3.05) is 47.0 Å². The van der Waals surface area contributed by atoms with Crippen LogP contribution in [0.3, 0.4) is 0 Å². The smallest absolute Gasteiger partial charge is 0.265 e. The van der Waals surface area contributed by atoms with E-state index >= 15 is 0 Å². The highest BCUT2D eigenvalue weighted by Crippen LogP contribution is 2.52. The van der Waals surface area contributed by atoms with Crippen molar-refractivity contribution in [1.29, 1.82) is 0 Å². The number of hydrogen-bond acceptors (Lipinski definition) is 13. The summed E-state index contributed by atoms with van der Waals surface area (Å²) in [6, 6.07) is 8.88. The molecule has 0 bridgehead atoms.